The molecule has 1 atom stereocenters. The monoisotopic (exact) mass is 169 g/mol. The number of hydrogen-bond donors (Lipinski definition) is 1. The van der Waals surface area contributed by atoms with Gasteiger partial charge in [-0.25, -0.2) is 0 Å². The fourth-order valence-electron chi connectivity index (χ4n) is 0.681. The molecule has 0 bridgehead atoms. The zero-order valence-electron chi connectivity index (χ0n) is 6.29. The minimum absolute atomic E-state index is 0. The van der Waals surface area contributed by atoms with E-state index in [1.165, 1.54) is 0 Å². The number of hydrogen-bond acceptors (Lipinski definition) is 2. The van der Waals surface area contributed by atoms with Crippen LogP contribution in [-0.2, 0) is 0 Å². The van der Waals surface area contributed by atoms with Crippen LogP contribution in [-0.4, -0.2) is 31.3 Å². The van der Waals surface area contributed by atoms with Crippen molar-refractivity contribution in [2.75, 3.05) is 26.4 Å². The normalized spacial score (nSPS) is 13.0. The van der Waals surface area contributed by atoms with E-state index < -0.39 is 0 Å². The van der Waals surface area contributed by atoms with Gasteiger partial charge in [0.2, 0.25) is 0 Å². The maximum absolute atomic E-state index is 4.16. The summed E-state index contributed by atoms with van der Waals surface area (Å²) >= 11 is 4.16. The standard InChI is InChI=1S/C6H15NS.ClH/c1-6(5-8)4-7(2)3;/h6,8H,4-5H2,1-3H3;1H. The van der Waals surface area contributed by atoms with E-state index in [0.717, 1.165) is 12.3 Å². The van der Waals surface area contributed by atoms with Crippen LogP contribution < -0.4 is 0 Å². The molecule has 0 aliphatic heterocycles. The topological polar surface area (TPSA) is 3.24 Å². The van der Waals surface area contributed by atoms with E-state index in [1.54, 1.807) is 0 Å². The lowest BCUT2D eigenvalue weighted by Crippen LogP contribution is -2.20. The van der Waals surface area contributed by atoms with Crippen molar-refractivity contribution in [3.05, 3.63) is 0 Å². The van der Waals surface area contributed by atoms with Gasteiger partial charge < -0.3 is 4.90 Å². The molecule has 0 rings (SSSR count). The van der Waals surface area contributed by atoms with Crippen molar-refractivity contribution in [2.45, 2.75) is 6.92 Å². The first kappa shape index (κ1) is 12.3. The summed E-state index contributed by atoms with van der Waals surface area (Å²) in [6.45, 7) is 3.34. The second kappa shape index (κ2) is 6.72. The highest BCUT2D eigenvalue weighted by Crippen LogP contribution is 1.97. The average Bonchev–Trinajstić information content (AvgIpc) is 1.65. The first-order valence-electron chi connectivity index (χ1n) is 2.92. The van der Waals surface area contributed by atoms with E-state index in [-0.39, 0.29) is 12.4 Å². The predicted molar refractivity (Wildman–Crippen MR) is 48.8 cm³/mol. The van der Waals surface area contributed by atoms with Crippen molar-refractivity contribution < 1.29 is 0 Å². The molecule has 0 saturated carbocycles. The van der Waals surface area contributed by atoms with Crippen molar-refractivity contribution in [2.24, 2.45) is 5.92 Å². The smallest absolute Gasteiger partial charge is 0.000871 e. The Bertz CT molecular complexity index is 59.0. The Morgan fingerprint density at radius 2 is 1.89 bits per heavy atom. The molecule has 0 fully saturated rings. The quantitative estimate of drug-likeness (QED) is 0.628. The lowest BCUT2D eigenvalue weighted by Gasteiger charge is -2.13. The molecule has 0 heterocycles. The van der Waals surface area contributed by atoms with Crippen molar-refractivity contribution in [3.63, 3.8) is 0 Å². The zero-order valence-corrected chi connectivity index (χ0v) is 8.01. The van der Waals surface area contributed by atoms with E-state index in [0.29, 0.717) is 5.92 Å². The Labute approximate surface area is 69.6 Å². The van der Waals surface area contributed by atoms with Gasteiger partial charge in [-0.15, -0.1) is 12.4 Å². The SMILES string of the molecule is CC(CS)CN(C)C.Cl. The van der Waals surface area contributed by atoms with Gasteiger partial charge in [-0.05, 0) is 25.8 Å². The molecule has 0 aliphatic rings. The number of nitrogens with zero attached hydrogens (tertiary/aromatic N) is 1. The molecule has 58 valence electrons. The molecule has 3 heteroatoms. The average molecular weight is 170 g/mol. The molecule has 0 N–H and O–H groups in total. The second-order valence-corrected chi connectivity index (χ2v) is 2.92. The first-order valence-corrected chi connectivity index (χ1v) is 3.55. The number of thiol groups is 1. The van der Waals surface area contributed by atoms with Crippen LogP contribution in [0.5, 0.6) is 0 Å². The van der Waals surface area contributed by atoms with E-state index in [2.05, 4.69) is 38.5 Å². The zero-order chi connectivity index (χ0) is 6.57. The van der Waals surface area contributed by atoms with E-state index in [9.17, 15) is 0 Å². The van der Waals surface area contributed by atoms with Crippen molar-refractivity contribution in [1.29, 1.82) is 0 Å². The van der Waals surface area contributed by atoms with Crippen molar-refractivity contribution >= 4 is 25.0 Å². The molecule has 1 unspecified atom stereocenters. The third kappa shape index (κ3) is 8.60. The fraction of sp³-hybridized carbons (Fsp3) is 1.00. The summed E-state index contributed by atoms with van der Waals surface area (Å²) < 4.78 is 0. The van der Waals surface area contributed by atoms with Gasteiger partial charge in [-0.1, -0.05) is 6.92 Å². The molecule has 0 amide bonds. The molecule has 0 aliphatic carbocycles. The fourth-order valence-corrected chi connectivity index (χ4v) is 0.797. The summed E-state index contributed by atoms with van der Waals surface area (Å²) in [5.41, 5.74) is 0. The highest BCUT2D eigenvalue weighted by molar-refractivity contribution is 7.80. The van der Waals surface area contributed by atoms with Crippen molar-refractivity contribution in [3.8, 4) is 0 Å². The van der Waals surface area contributed by atoms with Crippen LogP contribution in [0.25, 0.3) is 0 Å². The van der Waals surface area contributed by atoms with Crippen LogP contribution in [0.15, 0.2) is 0 Å². The second-order valence-electron chi connectivity index (χ2n) is 2.55. The van der Waals surface area contributed by atoms with Gasteiger partial charge in [-0.2, -0.15) is 12.6 Å². The molecule has 9 heavy (non-hydrogen) atoms. The van der Waals surface area contributed by atoms with Crippen molar-refractivity contribution in [1.82, 2.24) is 4.90 Å². The van der Waals surface area contributed by atoms with E-state index >= 15 is 0 Å². The Morgan fingerprint density at radius 3 is 2.00 bits per heavy atom. The third-order valence-electron chi connectivity index (χ3n) is 0.988. The van der Waals surface area contributed by atoms with Gasteiger partial charge in [0.25, 0.3) is 0 Å². The molecule has 0 aromatic rings. The maximum atomic E-state index is 4.16. The Kier molecular flexibility index (Phi) is 9.17. The van der Waals surface area contributed by atoms with Gasteiger partial charge >= 0.3 is 0 Å². The lowest BCUT2D eigenvalue weighted by atomic mass is 10.2. The summed E-state index contributed by atoms with van der Waals surface area (Å²) in [5, 5.41) is 0. The van der Waals surface area contributed by atoms with Crippen LogP contribution in [0.1, 0.15) is 6.92 Å². The Balaban J connectivity index is 0. The van der Waals surface area contributed by atoms with Crippen LogP contribution >= 0.6 is 25.0 Å². The summed E-state index contributed by atoms with van der Waals surface area (Å²) in [5.74, 6) is 1.70. The lowest BCUT2D eigenvalue weighted by molar-refractivity contribution is 0.357. The molecule has 0 saturated heterocycles. The third-order valence-corrected chi connectivity index (χ3v) is 1.61. The molecule has 0 aromatic carbocycles. The first-order chi connectivity index (χ1) is 3.66. The Hall–Kier alpha value is 0.600. The van der Waals surface area contributed by atoms with E-state index in [1.807, 2.05) is 0 Å². The number of rotatable bonds is 3. The molecule has 0 spiro atoms. The van der Waals surface area contributed by atoms with Gasteiger partial charge in [0.1, 0.15) is 0 Å². The predicted octanol–water partition coefficient (Wildman–Crippen LogP) is 1.54. The minimum atomic E-state index is 0. The van der Waals surface area contributed by atoms with Gasteiger partial charge in [0, 0.05) is 6.54 Å². The summed E-state index contributed by atoms with van der Waals surface area (Å²) in [6.07, 6.45) is 0. The molecular weight excluding hydrogens is 154 g/mol. The van der Waals surface area contributed by atoms with Gasteiger partial charge in [0.05, 0.1) is 0 Å². The Morgan fingerprint density at radius 1 is 1.44 bits per heavy atom. The largest absolute Gasteiger partial charge is 0.309 e. The summed E-state index contributed by atoms with van der Waals surface area (Å²) in [4.78, 5) is 2.18. The molecular formula is C6H16ClNS. The molecule has 1 nitrogen and oxygen atoms in total. The van der Waals surface area contributed by atoms with Crippen LogP contribution in [0.4, 0.5) is 0 Å². The summed E-state index contributed by atoms with van der Waals surface area (Å²) in [6, 6.07) is 0. The number of halogens is 1. The highest BCUT2D eigenvalue weighted by Gasteiger charge is 1.98. The molecule has 0 radical (unpaired) electrons. The van der Waals surface area contributed by atoms with Gasteiger partial charge in [-0.3, -0.25) is 0 Å². The van der Waals surface area contributed by atoms with E-state index in [4.69, 9.17) is 0 Å². The minimum Gasteiger partial charge on any atom is -0.309 e. The summed E-state index contributed by atoms with van der Waals surface area (Å²) in [7, 11) is 4.17. The maximum Gasteiger partial charge on any atom is 0.000871 e. The van der Waals surface area contributed by atoms with Crippen LogP contribution in [0.3, 0.4) is 0 Å². The van der Waals surface area contributed by atoms with Gasteiger partial charge in [0.15, 0.2) is 0 Å². The van der Waals surface area contributed by atoms with Crippen LogP contribution in [0, 0.1) is 5.92 Å². The van der Waals surface area contributed by atoms with Crippen LogP contribution in [0.2, 0.25) is 0 Å². The molecule has 0 aromatic heterocycles. The highest BCUT2D eigenvalue weighted by atomic mass is 35.5.